The fourth-order valence-corrected chi connectivity index (χ4v) is 3.34. The van der Waals surface area contributed by atoms with Gasteiger partial charge in [-0.15, -0.1) is 0 Å². The van der Waals surface area contributed by atoms with Crippen LogP contribution in [-0.2, 0) is 11.0 Å². The topological polar surface area (TPSA) is 87.0 Å². The van der Waals surface area contributed by atoms with Crippen LogP contribution in [0, 0.1) is 13.8 Å². The highest BCUT2D eigenvalue weighted by Crippen LogP contribution is 2.34. The Labute approximate surface area is 162 Å². The minimum Gasteiger partial charge on any atom is -0.508 e. The average molecular weight is 384 g/mol. The highest BCUT2D eigenvalue weighted by molar-refractivity contribution is 7.51. The molecule has 3 N–H and O–H groups in total. The summed E-state index contributed by atoms with van der Waals surface area (Å²) < 4.78 is 16.3. The summed E-state index contributed by atoms with van der Waals surface area (Å²) in [6.07, 6.45) is -0.222. The van der Waals surface area contributed by atoms with Crippen molar-refractivity contribution in [1.29, 1.82) is 0 Å². The molecule has 2 aromatic rings. The number of phenolic OH excluding ortho intramolecular Hbond substituents is 1. The van der Waals surface area contributed by atoms with Crippen LogP contribution in [0.5, 0.6) is 11.5 Å². The maximum absolute atomic E-state index is 11.1. The van der Waals surface area contributed by atoms with E-state index in [-0.39, 0.29) is 28.3 Å². The van der Waals surface area contributed by atoms with Gasteiger partial charge in [-0.1, -0.05) is 48.0 Å². The molecule has 140 valence electrons. The third-order valence-corrected chi connectivity index (χ3v) is 5.14. The lowest BCUT2D eigenvalue weighted by molar-refractivity contribution is 0.303. The van der Waals surface area contributed by atoms with E-state index in [2.05, 4.69) is 0 Å². The van der Waals surface area contributed by atoms with E-state index in [1.54, 1.807) is 6.07 Å². The maximum atomic E-state index is 11.1. The molecule has 0 bridgehead atoms. The summed E-state index contributed by atoms with van der Waals surface area (Å²) >= 11 is 0. The zero-order chi connectivity index (χ0) is 20.5. The Hall–Kier alpha value is -1.68. The van der Waals surface area contributed by atoms with Crippen LogP contribution in [0.2, 0.25) is 0 Å². The molecule has 0 aliphatic carbocycles. The standard InChI is InChI=1S/C19H23B2O5P/c1-10(2)14-7-13(5-6-16(14)22)8-15-11(3)17(20)19(18(21)12(15)4)26-9-27(23,24)25/h5-7,10,22H,8-9H2,1-4H3,(H2,23,24,25). The van der Waals surface area contributed by atoms with Crippen molar-refractivity contribution in [1.82, 2.24) is 0 Å². The number of phenols is 1. The van der Waals surface area contributed by atoms with E-state index in [0.29, 0.717) is 6.42 Å². The van der Waals surface area contributed by atoms with Crippen LogP contribution in [-0.4, -0.2) is 36.9 Å². The van der Waals surface area contributed by atoms with E-state index in [1.165, 1.54) is 0 Å². The van der Waals surface area contributed by atoms with Gasteiger partial charge in [0.1, 0.15) is 27.2 Å². The third kappa shape index (κ3) is 4.98. The summed E-state index contributed by atoms with van der Waals surface area (Å²) in [6.45, 7) is 7.67. The van der Waals surface area contributed by atoms with E-state index in [9.17, 15) is 9.67 Å². The van der Waals surface area contributed by atoms with Gasteiger partial charge in [0, 0.05) is 0 Å². The van der Waals surface area contributed by atoms with Gasteiger partial charge in [0.05, 0.1) is 0 Å². The Balaban J connectivity index is 2.44. The zero-order valence-corrected chi connectivity index (χ0v) is 16.9. The van der Waals surface area contributed by atoms with Gasteiger partial charge >= 0.3 is 7.60 Å². The fourth-order valence-electron chi connectivity index (χ4n) is 3.04. The molecule has 4 radical (unpaired) electrons. The Morgan fingerprint density at radius 1 is 1.11 bits per heavy atom. The molecule has 0 spiro atoms. The monoisotopic (exact) mass is 384 g/mol. The van der Waals surface area contributed by atoms with Crippen molar-refractivity contribution >= 4 is 34.2 Å². The smallest absolute Gasteiger partial charge is 0.362 e. The molecule has 0 aliphatic rings. The quantitative estimate of drug-likeness (QED) is 0.523. The predicted octanol–water partition coefficient (Wildman–Crippen LogP) is 1.82. The number of hydrogen-bond donors (Lipinski definition) is 3. The molecule has 0 saturated carbocycles. The van der Waals surface area contributed by atoms with Crippen molar-refractivity contribution in [2.75, 3.05) is 6.35 Å². The van der Waals surface area contributed by atoms with Crippen LogP contribution >= 0.6 is 7.60 Å². The van der Waals surface area contributed by atoms with Crippen molar-refractivity contribution in [3.63, 3.8) is 0 Å². The minimum absolute atomic E-state index is 0.102. The molecular formula is C19H23B2O5P. The van der Waals surface area contributed by atoms with Crippen LogP contribution < -0.4 is 15.7 Å². The minimum atomic E-state index is -4.34. The first-order chi connectivity index (χ1) is 12.4. The molecule has 0 aliphatic heterocycles. The molecule has 5 nitrogen and oxygen atoms in total. The van der Waals surface area contributed by atoms with Crippen molar-refractivity contribution < 1.29 is 24.2 Å². The molecule has 2 aromatic carbocycles. The largest absolute Gasteiger partial charge is 0.508 e. The highest BCUT2D eigenvalue weighted by atomic mass is 31.2. The molecule has 2 rings (SSSR count). The van der Waals surface area contributed by atoms with E-state index in [0.717, 1.165) is 27.8 Å². The van der Waals surface area contributed by atoms with Gasteiger partial charge in [-0.25, -0.2) is 0 Å². The summed E-state index contributed by atoms with van der Waals surface area (Å²) in [4.78, 5) is 18.1. The molecule has 0 heterocycles. The Morgan fingerprint density at radius 2 is 1.67 bits per heavy atom. The first kappa shape index (κ1) is 21.6. The zero-order valence-electron chi connectivity index (χ0n) is 16.0. The summed E-state index contributed by atoms with van der Waals surface area (Å²) in [6, 6.07) is 5.49. The second-order valence-corrected chi connectivity index (χ2v) is 8.64. The van der Waals surface area contributed by atoms with Crippen LogP contribution in [0.3, 0.4) is 0 Å². The number of ether oxygens (including phenoxy) is 1. The Morgan fingerprint density at radius 3 is 2.15 bits per heavy atom. The number of rotatable bonds is 6. The second-order valence-electron chi connectivity index (χ2n) is 7.05. The summed E-state index contributed by atoms with van der Waals surface area (Å²) in [7, 11) is 7.94. The molecule has 0 atom stereocenters. The van der Waals surface area contributed by atoms with Gasteiger partial charge in [-0.2, -0.15) is 0 Å². The van der Waals surface area contributed by atoms with Gasteiger partial charge in [0.15, 0.2) is 6.35 Å². The Kier molecular flexibility index (Phi) is 6.51. The van der Waals surface area contributed by atoms with Gasteiger partial charge in [-0.3, -0.25) is 4.57 Å². The molecule has 0 fully saturated rings. The molecule has 27 heavy (non-hydrogen) atoms. The summed E-state index contributed by atoms with van der Waals surface area (Å²) in [5, 5.41) is 10.0. The SMILES string of the molecule is [B]c1c(C)c(Cc2ccc(O)c(C(C)C)c2)c(C)c([B])c1OCP(=O)(O)O. The van der Waals surface area contributed by atoms with E-state index < -0.39 is 13.9 Å². The maximum Gasteiger partial charge on any atom is 0.362 e. The van der Waals surface area contributed by atoms with E-state index in [4.69, 9.17) is 30.2 Å². The van der Waals surface area contributed by atoms with Gasteiger partial charge < -0.3 is 19.6 Å². The molecule has 0 saturated heterocycles. The van der Waals surface area contributed by atoms with Crippen molar-refractivity contribution in [3.8, 4) is 11.5 Å². The van der Waals surface area contributed by atoms with Crippen LogP contribution in [0.1, 0.15) is 47.6 Å². The number of benzene rings is 2. The van der Waals surface area contributed by atoms with Gasteiger partial charge in [0.25, 0.3) is 0 Å². The van der Waals surface area contributed by atoms with Crippen LogP contribution in [0.4, 0.5) is 0 Å². The van der Waals surface area contributed by atoms with Crippen molar-refractivity contribution in [3.05, 3.63) is 46.0 Å². The normalized spacial score (nSPS) is 11.8. The lowest BCUT2D eigenvalue weighted by Gasteiger charge is -2.22. The molecular weight excluding hydrogens is 361 g/mol. The fraction of sp³-hybridized carbons (Fsp3) is 0.368. The number of aromatic hydroxyl groups is 1. The van der Waals surface area contributed by atoms with Gasteiger partial charge in [0.2, 0.25) is 0 Å². The lowest BCUT2D eigenvalue weighted by Crippen LogP contribution is -2.27. The molecule has 8 heteroatoms. The summed E-state index contributed by atoms with van der Waals surface area (Å²) in [5.41, 5.74) is 4.83. The average Bonchev–Trinajstić information content (AvgIpc) is 2.57. The van der Waals surface area contributed by atoms with Crippen LogP contribution in [0.15, 0.2) is 18.2 Å². The summed E-state index contributed by atoms with van der Waals surface area (Å²) in [5.74, 6) is 0.554. The van der Waals surface area contributed by atoms with E-state index in [1.807, 2.05) is 39.8 Å². The highest BCUT2D eigenvalue weighted by Gasteiger charge is 2.19. The lowest BCUT2D eigenvalue weighted by atomic mass is 9.76. The first-order valence-electron chi connectivity index (χ1n) is 8.58. The third-order valence-electron chi connectivity index (χ3n) is 4.67. The van der Waals surface area contributed by atoms with E-state index >= 15 is 0 Å². The van der Waals surface area contributed by atoms with Crippen molar-refractivity contribution in [2.45, 2.75) is 40.0 Å². The number of hydrogen-bond acceptors (Lipinski definition) is 3. The van der Waals surface area contributed by atoms with Crippen LogP contribution in [0.25, 0.3) is 0 Å². The first-order valence-corrected chi connectivity index (χ1v) is 10.4. The second kappa shape index (κ2) is 8.14. The molecule has 0 amide bonds. The molecule has 0 unspecified atom stereocenters. The predicted molar refractivity (Wildman–Crippen MR) is 109 cm³/mol. The van der Waals surface area contributed by atoms with Gasteiger partial charge in [-0.05, 0) is 48.9 Å². The Bertz CT molecular complexity index is 876. The molecule has 0 aromatic heterocycles. The van der Waals surface area contributed by atoms with Crippen molar-refractivity contribution in [2.24, 2.45) is 0 Å².